The molecule has 0 spiro atoms. The Labute approximate surface area is 104 Å². The smallest absolute Gasteiger partial charge is 0.0731 e. The van der Waals surface area contributed by atoms with Gasteiger partial charge in [-0.15, -0.1) is 23.7 Å². The summed E-state index contributed by atoms with van der Waals surface area (Å²) in [5.41, 5.74) is 1.37. The molecular weight excluding hydrogens is 282 g/mol. The summed E-state index contributed by atoms with van der Waals surface area (Å²) in [4.78, 5) is 1.49. The van der Waals surface area contributed by atoms with Crippen LogP contribution in [0.15, 0.2) is 9.85 Å². The quantitative estimate of drug-likeness (QED) is 0.824. The molecule has 1 atom stereocenters. The van der Waals surface area contributed by atoms with Crippen LogP contribution in [0.2, 0.25) is 0 Å². The SMILES string of the molecule is Cc1cc([C@@H]2CCCCN2)sc1Br.Cl. The van der Waals surface area contributed by atoms with Gasteiger partial charge in [0.05, 0.1) is 3.79 Å². The number of hydrogen-bond donors (Lipinski definition) is 1. The fourth-order valence-corrected chi connectivity index (χ4v) is 3.43. The molecule has 0 aromatic carbocycles. The van der Waals surface area contributed by atoms with Crippen molar-refractivity contribution in [2.45, 2.75) is 32.2 Å². The Morgan fingerprint density at radius 3 is 2.79 bits per heavy atom. The third-order valence-electron chi connectivity index (χ3n) is 2.53. The van der Waals surface area contributed by atoms with Gasteiger partial charge in [0.25, 0.3) is 0 Å². The fourth-order valence-electron chi connectivity index (χ4n) is 1.75. The van der Waals surface area contributed by atoms with Crippen LogP contribution in [0.5, 0.6) is 0 Å². The molecule has 1 aliphatic heterocycles. The van der Waals surface area contributed by atoms with Gasteiger partial charge in [-0.2, -0.15) is 0 Å². The van der Waals surface area contributed by atoms with Crippen LogP contribution in [0.1, 0.15) is 35.7 Å². The van der Waals surface area contributed by atoms with Crippen LogP contribution in [0.25, 0.3) is 0 Å². The molecule has 0 radical (unpaired) electrons. The number of rotatable bonds is 1. The average Bonchev–Trinajstić information content (AvgIpc) is 2.49. The second kappa shape index (κ2) is 5.50. The Bertz CT molecular complexity index is 275. The summed E-state index contributed by atoms with van der Waals surface area (Å²) in [7, 11) is 0. The standard InChI is InChI=1S/C10H14BrNS.ClH/c1-7-6-9(13-10(7)11)8-4-2-3-5-12-8;/h6,8,12H,2-5H2,1H3;1H/t8-;/m0./s1. The molecule has 1 nitrogen and oxygen atoms in total. The summed E-state index contributed by atoms with van der Waals surface area (Å²) in [6.07, 6.45) is 4.00. The molecule has 1 N–H and O–H groups in total. The van der Waals surface area contributed by atoms with Crippen LogP contribution >= 0.6 is 39.7 Å². The number of halogens is 2. The summed E-state index contributed by atoms with van der Waals surface area (Å²) in [5, 5.41) is 3.57. The van der Waals surface area contributed by atoms with Gasteiger partial charge in [-0.3, -0.25) is 0 Å². The number of hydrogen-bond acceptors (Lipinski definition) is 2. The van der Waals surface area contributed by atoms with Crippen LogP contribution in [0.4, 0.5) is 0 Å². The molecule has 2 heterocycles. The predicted molar refractivity (Wildman–Crippen MR) is 68.6 cm³/mol. The highest BCUT2D eigenvalue weighted by atomic mass is 79.9. The Morgan fingerprint density at radius 1 is 1.50 bits per heavy atom. The van der Waals surface area contributed by atoms with Crippen LogP contribution in [0.3, 0.4) is 0 Å². The molecule has 1 aliphatic rings. The van der Waals surface area contributed by atoms with Gasteiger partial charge in [0.2, 0.25) is 0 Å². The minimum absolute atomic E-state index is 0. The van der Waals surface area contributed by atoms with Crippen LogP contribution in [-0.2, 0) is 0 Å². The van der Waals surface area contributed by atoms with Crippen molar-refractivity contribution in [2.75, 3.05) is 6.54 Å². The minimum atomic E-state index is 0. The molecule has 0 bridgehead atoms. The monoisotopic (exact) mass is 295 g/mol. The maximum Gasteiger partial charge on any atom is 0.0731 e. The zero-order chi connectivity index (χ0) is 9.26. The summed E-state index contributed by atoms with van der Waals surface area (Å²) < 4.78 is 1.29. The molecule has 14 heavy (non-hydrogen) atoms. The van der Waals surface area contributed by atoms with E-state index in [-0.39, 0.29) is 12.4 Å². The first-order valence-electron chi connectivity index (χ1n) is 4.76. The molecule has 2 rings (SSSR count). The van der Waals surface area contributed by atoms with Gasteiger partial charge in [0.1, 0.15) is 0 Å². The molecule has 0 amide bonds. The van der Waals surface area contributed by atoms with Crippen molar-refractivity contribution >= 4 is 39.7 Å². The van der Waals surface area contributed by atoms with Gasteiger partial charge in [-0.1, -0.05) is 6.42 Å². The molecular formula is C10H15BrClNS. The zero-order valence-electron chi connectivity index (χ0n) is 8.18. The van der Waals surface area contributed by atoms with E-state index < -0.39 is 0 Å². The van der Waals surface area contributed by atoms with Crippen LogP contribution < -0.4 is 5.32 Å². The normalized spacial score (nSPS) is 21.7. The van der Waals surface area contributed by atoms with Gasteiger partial charge >= 0.3 is 0 Å². The lowest BCUT2D eigenvalue weighted by Crippen LogP contribution is -2.25. The summed E-state index contributed by atoms with van der Waals surface area (Å²) in [6.45, 7) is 3.34. The molecule has 1 saturated heterocycles. The first kappa shape index (κ1) is 12.5. The Balaban J connectivity index is 0.000000980. The summed E-state index contributed by atoms with van der Waals surface area (Å²) in [5.74, 6) is 0. The van der Waals surface area contributed by atoms with Gasteiger partial charge < -0.3 is 5.32 Å². The van der Waals surface area contributed by atoms with E-state index >= 15 is 0 Å². The van der Waals surface area contributed by atoms with E-state index in [0.717, 1.165) is 0 Å². The minimum Gasteiger partial charge on any atom is -0.309 e. The van der Waals surface area contributed by atoms with E-state index in [2.05, 4.69) is 34.2 Å². The van der Waals surface area contributed by atoms with Gasteiger partial charge in [0, 0.05) is 10.9 Å². The predicted octanol–water partition coefficient (Wildman–Crippen LogP) is 4.06. The molecule has 1 aromatic heterocycles. The lowest BCUT2D eigenvalue weighted by atomic mass is 10.0. The van der Waals surface area contributed by atoms with E-state index in [1.165, 1.54) is 40.0 Å². The van der Waals surface area contributed by atoms with Crippen molar-refractivity contribution in [1.29, 1.82) is 0 Å². The van der Waals surface area contributed by atoms with Crippen molar-refractivity contribution in [3.63, 3.8) is 0 Å². The average molecular weight is 297 g/mol. The van der Waals surface area contributed by atoms with E-state index in [9.17, 15) is 0 Å². The Morgan fingerprint density at radius 2 is 2.29 bits per heavy atom. The van der Waals surface area contributed by atoms with Crippen LogP contribution in [0, 0.1) is 6.92 Å². The number of aryl methyl sites for hydroxylation is 1. The maximum atomic E-state index is 3.57. The Hall–Kier alpha value is 0.430. The highest BCUT2D eigenvalue weighted by Crippen LogP contribution is 2.34. The Kier molecular flexibility index (Phi) is 4.91. The first-order chi connectivity index (χ1) is 6.27. The topological polar surface area (TPSA) is 12.0 Å². The zero-order valence-corrected chi connectivity index (χ0v) is 11.4. The molecule has 0 unspecified atom stereocenters. The second-order valence-electron chi connectivity index (χ2n) is 3.61. The second-order valence-corrected chi connectivity index (χ2v) is 6.01. The van der Waals surface area contributed by atoms with Crippen molar-refractivity contribution in [1.82, 2.24) is 5.32 Å². The van der Waals surface area contributed by atoms with Crippen molar-refractivity contribution < 1.29 is 0 Å². The van der Waals surface area contributed by atoms with Gasteiger partial charge in [-0.05, 0) is 53.9 Å². The molecule has 1 aromatic rings. The van der Waals surface area contributed by atoms with Crippen molar-refractivity contribution in [3.05, 3.63) is 20.3 Å². The van der Waals surface area contributed by atoms with Crippen molar-refractivity contribution in [2.24, 2.45) is 0 Å². The highest BCUT2D eigenvalue weighted by Gasteiger charge is 2.17. The largest absolute Gasteiger partial charge is 0.309 e. The van der Waals surface area contributed by atoms with E-state index in [1.807, 2.05) is 11.3 Å². The molecule has 0 saturated carbocycles. The molecule has 80 valence electrons. The lowest BCUT2D eigenvalue weighted by Gasteiger charge is -2.22. The molecule has 4 heteroatoms. The fraction of sp³-hybridized carbons (Fsp3) is 0.600. The summed E-state index contributed by atoms with van der Waals surface area (Å²) >= 11 is 5.45. The third-order valence-corrected chi connectivity index (χ3v) is 4.78. The number of thiophene rings is 1. The number of nitrogens with one attached hydrogen (secondary N) is 1. The number of piperidine rings is 1. The van der Waals surface area contributed by atoms with E-state index in [4.69, 9.17) is 0 Å². The highest BCUT2D eigenvalue weighted by molar-refractivity contribution is 9.11. The van der Waals surface area contributed by atoms with Gasteiger partial charge in [0.15, 0.2) is 0 Å². The van der Waals surface area contributed by atoms with E-state index in [1.54, 1.807) is 0 Å². The van der Waals surface area contributed by atoms with Crippen LogP contribution in [-0.4, -0.2) is 6.54 Å². The third kappa shape index (κ3) is 2.72. The lowest BCUT2D eigenvalue weighted by molar-refractivity contribution is 0.417. The van der Waals surface area contributed by atoms with Crippen molar-refractivity contribution in [3.8, 4) is 0 Å². The molecule has 0 aliphatic carbocycles. The van der Waals surface area contributed by atoms with Gasteiger partial charge in [-0.25, -0.2) is 0 Å². The maximum absolute atomic E-state index is 3.57. The molecule has 1 fully saturated rings. The summed E-state index contributed by atoms with van der Waals surface area (Å²) in [6, 6.07) is 2.92. The first-order valence-corrected chi connectivity index (χ1v) is 6.37. The van der Waals surface area contributed by atoms with E-state index in [0.29, 0.717) is 6.04 Å².